The van der Waals surface area contributed by atoms with E-state index in [0.29, 0.717) is 22.4 Å². The minimum absolute atomic E-state index is 0.158. The highest BCUT2D eigenvalue weighted by Gasteiger charge is 2.16. The molecule has 2 aromatic rings. The second-order valence-corrected chi connectivity index (χ2v) is 7.42. The van der Waals surface area contributed by atoms with Crippen molar-refractivity contribution in [1.82, 2.24) is 20.2 Å². The lowest BCUT2D eigenvalue weighted by Crippen LogP contribution is -2.27. The second kappa shape index (κ2) is 8.32. The summed E-state index contributed by atoms with van der Waals surface area (Å²) in [5, 5.41) is 8.36. The van der Waals surface area contributed by atoms with E-state index in [2.05, 4.69) is 25.5 Å². The van der Waals surface area contributed by atoms with Crippen molar-refractivity contribution in [3.63, 3.8) is 0 Å². The van der Waals surface area contributed by atoms with Gasteiger partial charge in [-0.25, -0.2) is 9.97 Å². The molecule has 2 aromatic heterocycles. The third kappa shape index (κ3) is 5.08. The summed E-state index contributed by atoms with van der Waals surface area (Å²) in [5.74, 6) is -0.319. The van der Waals surface area contributed by atoms with Gasteiger partial charge >= 0.3 is 0 Å². The Bertz CT molecular complexity index is 723. The lowest BCUT2D eigenvalue weighted by Gasteiger charge is -2.08. The monoisotopic (exact) mass is 367 g/mol. The smallest absolute Gasteiger partial charge is 0.280 e. The van der Waals surface area contributed by atoms with Gasteiger partial charge in [0.05, 0.1) is 16.3 Å². The van der Waals surface area contributed by atoms with Crippen LogP contribution in [0.15, 0.2) is 5.38 Å². The van der Waals surface area contributed by atoms with Crippen LogP contribution in [0.4, 0.5) is 5.13 Å². The Morgan fingerprint density at radius 3 is 2.71 bits per heavy atom. The maximum atomic E-state index is 12.1. The van der Waals surface area contributed by atoms with Gasteiger partial charge < -0.3 is 15.5 Å². The SMILES string of the molecule is CC(=O)Nc1nc(C)c(-c2csc(C(=O)NCCCN(C)C)n2)s1. The average molecular weight is 368 g/mol. The van der Waals surface area contributed by atoms with Gasteiger partial charge in [-0.1, -0.05) is 11.3 Å². The second-order valence-electron chi connectivity index (χ2n) is 5.57. The summed E-state index contributed by atoms with van der Waals surface area (Å²) in [5.41, 5.74) is 1.50. The molecule has 0 saturated carbocycles. The number of anilines is 1. The maximum absolute atomic E-state index is 12.1. The molecule has 0 fully saturated rings. The molecule has 0 aliphatic carbocycles. The normalized spacial score (nSPS) is 10.9. The van der Waals surface area contributed by atoms with Gasteiger partial charge in [-0.15, -0.1) is 11.3 Å². The number of carbonyl (C=O) groups excluding carboxylic acids is 2. The lowest BCUT2D eigenvalue weighted by molar-refractivity contribution is -0.114. The number of hydrogen-bond donors (Lipinski definition) is 2. The molecule has 2 N–H and O–H groups in total. The number of hydrogen-bond acceptors (Lipinski definition) is 7. The summed E-state index contributed by atoms with van der Waals surface area (Å²) in [7, 11) is 4.00. The number of aromatic nitrogens is 2. The van der Waals surface area contributed by atoms with Gasteiger partial charge in [-0.3, -0.25) is 9.59 Å². The van der Waals surface area contributed by atoms with E-state index < -0.39 is 0 Å². The van der Waals surface area contributed by atoms with Crippen LogP contribution >= 0.6 is 22.7 Å². The highest BCUT2D eigenvalue weighted by Crippen LogP contribution is 2.33. The highest BCUT2D eigenvalue weighted by atomic mass is 32.1. The zero-order valence-electron chi connectivity index (χ0n) is 14.2. The van der Waals surface area contributed by atoms with E-state index in [1.807, 2.05) is 26.4 Å². The number of carbonyl (C=O) groups is 2. The van der Waals surface area contributed by atoms with Crippen LogP contribution in [0.1, 0.15) is 28.8 Å². The molecular weight excluding hydrogens is 346 g/mol. The Balaban J connectivity index is 2.01. The van der Waals surface area contributed by atoms with E-state index in [9.17, 15) is 9.59 Å². The molecule has 0 aliphatic rings. The van der Waals surface area contributed by atoms with Gasteiger partial charge in [0.25, 0.3) is 5.91 Å². The zero-order valence-corrected chi connectivity index (χ0v) is 15.8. The zero-order chi connectivity index (χ0) is 17.7. The number of aryl methyl sites for hydroxylation is 1. The molecule has 24 heavy (non-hydrogen) atoms. The first-order chi connectivity index (χ1) is 11.4. The van der Waals surface area contributed by atoms with E-state index in [1.54, 1.807) is 0 Å². The molecule has 0 radical (unpaired) electrons. The average Bonchev–Trinajstić information content (AvgIpc) is 3.09. The predicted molar refractivity (Wildman–Crippen MR) is 97.8 cm³/mol. The molecule has 0 unspecified atom stereocenters. The lowest BCUT2D eigenvalue weighted by atomic mass is 10.3. The van der Waals surface area contributed by atoms with Gasteiger partial charge in [0, 0.05) is 18.8 Å². The number of nitrogens with one attached hydrogen (secondary N) is 2. The van der Waals surface area contributed by atoms with Gasteiger partial charge in [-0.2, -0.15) is 0 Å². The Morgan fingerprint density at radius 1 is 1.29 bits per heavy atom. The van der Waals surface area contributed by atoms with Gasteiger partial charge in [0.15, 0.2) is 10.1 Å². The van der Waals surface area contributed by atoms with Crippen LogP contribution < -0.4 is 10.6 Å². The Labute approximate surface area is 149 Å². The third-order valence-electron chi connectivity index (χ3n) is 3.08. The van der Waals surface area contributed by atoms with Crippen LogP contribution in [0.2, 0.25) is 0 Å². The maximum Gasteiger partial charge on any atom is 0.280 e. The molecular formula is C15H21N5O2S2. The first kappa shape index (κ1) is 18.5. The van der Waals surface area contributed by atoms with E-state index in [1.165, 1.54) is 29.6 Å². The minimum atomic E-state index is -0.161. The predicted octanol–water partition coefficient (Wildman–Crippen LogP) is 2.21. The van der Waals surface area contributed by atoms with E-state index >= 15 is 0 Å². The molecule has 0 aliphatic heterocycles. The molecule has 2 heterocycles. The largest absolute Gasteiger partial charge is 0.350 e. The quantitative estimate of drug-likeness (QED) is 0.733. The van der Waals surface area contributed by atoms with Crippen LogP contribution in [0, 0.1) is 6.92 Å². The minimum Gasteiger partial charge on any atom is -0.350 e. The van der Waals surface area contributed by atoms with Gasteiger partial charge in [0.1, 0.15) is 0 Å². The summed E-state index contributed by atoms with van der Waals surface area (Å²) in [6, 6.07) is 0. The van der Waals surface area contributed by atoms with Crippen LogP contribution in [0.5, 0.6) is 0 Å². The fraction of sp³-hybridized carbons (Fsp3) is 0.467. The fourth-order valence-corrected chi connectivity index (χ4v) is 3.77. The summed E-state index contributed by atoms with van der Waals surface area (Å²) in [6.45, 7) is 4.85. The number of amides is 2. The summed E-state index contributed by atoms with van der Waals surface area (Å²) in [4.78, 5) is 34.9. The standard InChI is InChI=1S/C15H21N5O2S2/c1-9-12(24-15(17-9)18-10(2)21)11-8-23-14(19-11)13(22)16-6-5-7-20(3)4/h8H,5-7H2,1-4H3,(H,16,22)(H,17,18,21). The molecule has 7 nitrogen and oxygen atoms in total. The van der Waals surface area contributed by atoms with Crippen LogP contribution in [-0.2, 0) is 4.79 Å². The molecule has 2 amide bonds. The van der Waals surface area contributed by atoms with Gasteiger partial charge in [0.2, 0.25) is 5.91 Å². The van der Waals surface area contributed by atoms with Crippen LogP contribution in [0.3, 0.4) is 0 Å². The van der Waals surface area contributed by atoms with Crippen molar-refractivity contribution in [2.24, 2.45) is 0 Å². The van der Waals surface area contributed by atoms with Crippen molar-refractivity contribution in [2.45, 2.75) is 20.3 Å². The van der Waals surface area contributed by atoms with Gasteiger partial charge in [-0.05, 0) is 34.0 Å². The number of rotatable bonds is 7. The molecule has 0 aromatic carbocycles. The van der Waals surface area contributed by atoms with E-state index in [4.69, 9.17) is 0 Å². The molecule has 130 valence electrons. The molecule has 0 atom stereocenters. The molecule has 0 spiro atoms. The summed E-state index contributed by atoms with van der Waals surface area (Å²) >= 11 is 2.66. The van der Waals surface area contributed by atoms with E-state index in [-0.39, 0.29) is 11.8 Å². The number of nitrogens with zero attached hydrogens (tertiary/aromatic N) is 3. The fourth-order valence-electron chi connectivity index (χ4n) is 1.99. The highest BCUT2D eigenvalue weighted by molar-refractivity contribution is 7.19. The topological polar surface area (TPSA) is 87.2 Å². The third-order valence-corrected chi connectivity index (χ3v) is 5.01. The van der Waals surface area contributed by atoms with Crippen molar-refractivity contribution in [2.75, 3.05) is 32.5 Å². The van der Waals surface area contributed by atoms with Crippen molar-refractivity contribution >= 4 is 39.6 Å². The first-order valence-electron chi connectivity index (χ1n) is 7.50. The van der Waals surface area contributed by atoms with E-state index in [0.717, 1.165) is 23.5 Å². The molecule has 9 heteroatoms. The molecule has 0 bridgehead atoms. The molecule has 2 rings (SSSR count). The Kier molecular flexibility index (Phi) is 6.41. The van der Waals surface area contributed by atoms with Crippen molar-refractivity contribution in [3.8, 4) is 10.6 Å². The first-order valence-corrected chi connectivity index (χ1v) is 9.20. The summed E-state index contributed by atoms with van der Waals surface area (Å²) in [6.07, 6.45) is 0.894. The Morgan fingerprint density at radius 2 is 2.04 bits per heavy atom. The molecule has 0 saturated heterocycles. The number of thiazole rings is 2. The van der Waals surface area contributed by atoms with Crippen LogP contribution in [0.25, 0.3) is 10.6 Å². The van der Waals surface area contributed by atoms with Crippen LogP contribution in [-0.4, -0.2) is 53.9 Å². The summed E-state index contributed by atoms with van der Waals surface area (Å²) < 4.78 is 0. The Hall–Kier alpha value is -1.84. The van der Waals surface area contributed by atoms with Crippen molar-refractivity contribution < 1.29 is 9.59 Å². The van der Waals surface area contributed by atoms with Crippen molar-refractivity contribution in [1.29, 1.82) is 0 Å². The van der Waals surface area contributed by atoms with Crippen molar-refractivity contribution in [3.05, 3.63) is 16.1 Å².